The summed E-state index contributed by atoms with van der Waals surface area (Å²) in [5, 5.41) is 5.36. The monoisotopic (exact) mass is 519 g/mol. The predicted molar refractivity (Wildman–Crippen MR) is 162 cm³/mol. The zero-order valence-corrected chi connectivity index (χ0v) is 21.7. The summed E-state index contributed by atoms with van der Waals surface area (Å²) in [6.07, 6.45) is 0. The molecule has 0 atom stereocenters. The molecular weight excluding hydrogens is 498 g/mol. The van der Waals surface area contributed by atoms with Gasteiger partial charge < -0.3 is 0 Å². The van der Waals surface area contributed by atoms with Gasteiger partial charge in [-0.3, -0.25) is 0 Å². The van der Waals surface area contributed by atoms with Gasteiger partial charge in [-0.1, -0.05) is 115 Å². The van der Waals surface area contributed by atoms with Gasteiger partial charge in [-0.2, -0.15) is 0 Å². The molecule has 39 heavy (non-hydrogen) atoms. The molecule has 0 aliphatic rings. The van der Waals surface area contributed by atoms with Gasteiger partial charge in [0, 0.05) is 27.3 Å². The van der Waals surface area contributed by atoms with Crippen molar-refractivity contribution >= 4 is 33.1 Å². The van der Waals surface area contributed by atoms with Crippen molar-refractivity contribution in [1.29, 1.82) is 0 Å². The summed E-state index contributed by atoms with van der Waals surface area (Å²) >= 11 is 6.73. The average Bonchev–Trinajstić information content (AvgIpc) is 3.01. The molecule has 0 spiro atoms. The molecule has 0 saturated heterocycles. The third kappa shape index (κ3) is 4.54. The first-order chi connectivity index (χ1) is 19.2. The number of rotatable bonds is 4. The number of hydrogen-bond acceptors (Lipinski definition) is 3. The molecule has 0 saturated carbocycles. The Morgan fingerprint density at radius 2 is 0.821 bits per heavy atom. The van der Waals surface area contributed by atoms with Gasteiger partial charge in [-0.25, -0.2) is 15.0 Å². The quantitative estimate of drug-likeness (QED) is 0.232. The largest absolute Gasteiger partial charge is 0.208 e. The molecule has 0 aliphatic carbocycles. The first-order valence-corrected chi connectivity index (χ1v) is 13.2. The molecule has 0 N–H and O–H groups in total. The van der Waals surface area contributed by atoms with Gasteiger partial charge in [0.2, 0.25) is 0 Å². The molecule has 0 bridgehead atoms. The van der Waals surface area contributed by atoms with Crippen LogP contribution in [0.15, 0.2) is 133 Å². The van der Waals surface area contributed by atoms with E-state index < -0.39 is 0 Å². The zero-order valence-electron chi connectivity index (χ0n) is 20.9. The molecule has 0 aliphatic heterocycles. The molecule has 3 nitrogen and oxygen atoms in total. The van der Waals surface area contributed by atoms with Crippen LogP contribution in [0.3, 0.4) is 0 Å². The number of halogens is 1. The molecule has 1 aromatic heterocycles. The van der Waals surface area contributed by atoms with Crippen LogP contribution in [0, 0.1) is 0 Å². The van der Waals surface area contributed by atoms with E-state index in [0.29, 0.717) is 22.5 Å². The van der Waals surface area contributed by atoms with Crippen LogP contribution in [0.1, 0.15) is 0 Å². The molecule has 0 fully saturated rings. The second-order valence-electron chi connectivity index (χ2n) is 9.49. The Bertz CT molecular complexity index is 1980. The molecule has 4 heteroatoms. The van der Waals surface area contributed by atoms with Crippen molar-refractivity contribution in [3.05, 3.63) is 138 Å². The molecule has 1 heterocycles. The Kier molecular flexibility index (Phi) is 5.84. The summed E-state index contributed by atoms with van der Waals surface area (Å²) in [5.41, 5.74) is 4.75. The average molecular weight is 520 g/mol. The van der Waals surface area contributed by atoms with Crippen molar-refractivity contribution in [2.24, 2.45) is 0 Å². The van der Waals surface area contributed by atoms with Crippen LogP contribution in [-0.4, -0.2) is 15.0 Å². The first kappa shape index (κ1) is 23.3. The molecule has 184 valence electrons. The fourth-order valence-corrected chi connectivity index (χ4v) is 5.15. The van der Waals surface area contributed by atoms with Gasteiger partial charge in [0.1, 0.15) is 0 Å². The van der Waals surface area contributed by atoms with E-state index in [4.69, 9.17) is 26.6 Å². The molecule has 7 aromatic rings. The van der Waals surface area contributed by atoms with Crippen LogP contribution in [0.5, 0.6) is 0 Å². The van der Waals surface area contributed by atoms with Crippen molar-refractivity contribution in [3.8, 4) is 45.3 Å². The van der Waals surface area contributed by atoms with Gasteiger partial charge in [0.05, 0.1) is 0 Å². The molecule has 6 aromatic carbocycles. The van der Waals surface area contributed by atoms with Gasteiger partial charge in [0.25, 0.3) is 0 Å². The minimum atomic E-state index is 0.603. The van der Waals surface area contributed by atoms with E-state index in [2.05, 4.69) is 66.7 Å². The number of hydrogen-bond donors (Lipinski definition) is 0. The summed E-state index contributed by atoms with van der Waals surface area (Å²) < 4.78 is 0. The summed E-state index contributed by atoms with van der Waals surface area (Å²) in [4.78, 5) is 14.8. The Morgan fingerprint density at radius 1 is 0.359 bits per heavy atom. The zero-order chi connectivity index (χ0) is 26.2. The highest BCUT2D eigenvalue weighted by Gasteiger charge is 2.15. The van der Waals surface area contributed by atoms with Crippen LogP contribution in [0.4, 0.5) is 0 Å². The van der Waals surface area contributed by atoms with Gasteiger partial charge in [-0.15, -0.1) is 0 Å². The summed E-state index contributed by atoms with van der Waals surface area (Å²) in [6.45, 7) is 0. The van der Waals surface area contributed by atoms with Crippen LogP contribution in [-0.2, 0) is 0 Å². The maximum Gasteiger partial charge on any atom is 0.164 e. The maximum atomic E-state index is 6.73. The van der Waals surface area contributed by atoms with Crippen molar-refractivity contribution in [3.63, 3.8) is 0 Å². The molecule has 7 rings (SSSR count). The highest BCUT2D eigenvalue weighted by Crippen LogP contribution is 2.34. The number of aromatic nitrogens is 3. The Morgan fingerprint density at radius 3 is 1.46 bits per heavy atom. The second kappa shape index (κ2) is 9.79. The van der Waals surface area contributed by atoms with Crippen LogP contribution in [0.2, 0.25) is 5.02 Å². The maximum absolute atomic E-state index is 6.73. The second-order valence-corrected chi connectivity index (χ2v) is 9.90. The van der Waals surface area contributed by atoms with Crippen molar-refractivity contribution < 1.29 is 0 Å². The van der Waals surface area contributed by atoms with Crippen LogP contribution < -0.4 is 0 Å². The summed E-state index contributed by atoms with van der Waals surface area (Å²) in [6, 6.07) is 45.3. The van der Waals surface area contributed by atoms with E-state index in [-0.39, 0.29) is 0 Å². The highest BCUT2D eigenvalue weighted by atomic mass is 35.5. The van der Waals surface area contributed by atoms with E-state index in [1.54, 1.807) is 0 Å². The molecule has 0 amide bonds. The predicted octanol–water partition coefficient (Wildman–Crippen LogP) is 9.50. The fraction of sp³-hybridized carbons (Fsp3) is 0. The number of fused-ring (bicyclic) bond motifs is 2. The van der Waals surface area contributed by atoms with E-state index in [0.717, 1.165) is 33.2 Å². The minimum absolute atomic E-state index is 0.603. The number of nitrogens with zero attached hydrogens (tertiary/aromatic N) is 3. The third-order valence-electron chi connectivity index (χ3n) is 6.96. The smallest absolute Gasteiger partial charge is 0.164 e. The van der Waals surface area contributed by atoms with Crippen LogP contribution >= 0.6 is 11.6 Å². The number of benzene rings is 6. The van der Waals surface area contributed by atoms with Crippen molar-refractivity contribution in [1.82, 2.24) is 15.0 Å². The Labute approximate surface area is 231 Å². The standard InChI is InChI=1S/C35H22ClN3/c36-32-19-18-30(22-31(32)28-16-14-23-8-4-6-12-26(23)20-28)35-38-33(25-10-2-1-3-11-25)37-34(39-35)29-17-15-24-9-5-7-13-27(24)21-29/h1-22H. The molecular formula is C35H22ClN3. The minimum Gasteiger partial charge on any atom is -0.208 e. The Balaban J connectivity index is 1.39. The summed E-state index contributed by atoms with van der Waals surface area (Å²) in [5.74, 6) is 1.86. The summed E-state index contributed by atoms with van der Waals surface area (Å²) in [7, 11) is 0. The SMILES string of the molecule is Clc1ccc(-c2nc(-c3ccccc3)nc(-c3ccc4ccccc4c3)n2)cc1-c1ccc2ccccc2c1. The van der Waals surface area contributed by atoms with E-state index in [1.165, 1.54) is 16.2 Å². The van der Waals surface area contributed by atoms with Gasteiger partial charge >= 0.3 is 0 Å². The highest BCUT2D eigenvalue weighted by molar-refractivity contribution is 6.33. The Hall–Kier alpha value is -4.86. The fourth-order valence-electron chi connectivity index (χ4n) is 4.92. The van der Waals surface area contributed by atoms with E-state index >= 15 is 0 Å². The van der Waals surface area contributed by atoms with E-state index in [9.17, 15) is 0 Å². The topological polar surface area (TPSA) is 38.7 Å². The molecule has 0 unspecified atom stereocenters. The van der Waals surface area contributed by atoms with Gasteiger partial charge in [-0.05, 0) is 57.4 Å². The normalized spacial score (nSPS) is 11.2. The van der Waals surface area contributed by atoms with E-state index in [1.807, 2.05) is 66.7 Å². The third-order valence-corrected chi connectivity index (χ3v) is 7.29. The lowest BCUT2D eigenvalue weighted by atomic mass is 9.99. The first-order valence-electron chi connectivity index (χ1n) is 12.8. The van der Waals surface area contributed by atoms with Crippen LogP contribution in [0.25, 0.3) is 66.8 Å². The lowest BCUT2D eigenvalue weighted by molar-refractivity contribution is 1.07. The lowest BCUT2D eigenvalue weighted by Crippen LogP contribution is -2.00. The molecule has 0 radical (unpaired) electrons. The van der Waals surface area contributed by atoms with Crippen molar-refractivity contribution in [2.45, 2.75) is 0 Å². The van der Waals surface area contributed by atoms with Gasteiger partial charge in [0.15, 0.2) is 17.5 Å². The van der Waals surface area contributed by atoms with Crippen molar-refractivity contribution in [2.75, 3.05) is 0 Å². The lowest BCUT2D eigenvalue weighted by Gasteiger charge is -2.11.